The first-order valence-electron chi connectivity index (χ1n) is 63.6. The molecule has 3 heterocycles. The largest absolute Gasteiger partial charge is 0.419 e. The first-order chi connectivity index (χ1) is 67.2. The molecule has 1 aromatic carbocycles. The summed E-state index contributed by atoms with van der Waals surface area (Å²) in [6, 6.07) is 8.05. The van der Waals surface area contributed by atoms with Gasteiger partial charge in [0, 0.05) is 23.0 Å². The number of nitrogens with one attached hydrogen (secondary N) is 1. The van der Waals surface area contributed by atoms with E-state index in [1.54, 1.807) is 0 Å². The fourth-order valence-electron chi connectivity index (χ4n) is 23.1. The van der Waals surface area contributed by atoms with Gasteiger partial charge in [0.25, 0.3) is 11.1 Å². The molecule has 1 aromatic heterocycles. The van der Waals surface area contributed by atoms with Crippen molar-refractivity contribution in [3.63, 3.8) is 0 Å². The third-order valence-electron chi connectivity index (χ3n) is 32.4. The van der Waals surface area contributed by atoms with E-state index in [1.807, 2.05) is 24.3 Å². The minimum atomic E-state index is 0.0487. The summed E-state index contributed by atoms with van der Waals surface area (Å²) in [6.45, 7) is 3.31. The van der Waals surface area contributed by atoms with Crippen LogP contribution in [0, 0.1) is 5.92 Å². The average Bonchev–Trinajstić information content (AvgIpc) is 1.82. The molecule has 1 amide bonds. The van der Waals surface area contributed by atoms with Gasteiger partial charge < -0.3 is 14.6 Å². The summed E-state index contributed by atoms with van der Waals surface area (Å²) in [4.78, 5) is 21.8. The highest BCUT2D eigenvalue weighted by molar-refractivity contribution is 7.99. The summed E-state index contributed by atoms with van der Waals surface area (Å²) in [7, 11) is 0. The van der Waals surface area contributed by atoms with E-state index in [0.717, 1.165) is 30.0 Å². The summed E-state index contributed by atoms with van der Waals surface area (Å²) in [5.41, 5.74) is 0.721. The highest BCUT2D eigenvalue weighted by Gasteiger charge is 2.26. The van der Waals surface area contributed by atoms with E-state index < -0.39 is 0 Å². The van der Waals surface area contributed by atoms with Gasteiger partial charge in [0.05, 0.1) is 6.20 Å². The topological polar surface area (TPSA) is 58.4 Å². The van der Waals surface area contributed by atoms with Gasteiger partial charge in [-0.15, -0.1) is 0 Å². The van der Waals surface area contributed by atoms with Crippen LogP contribution in [0.2, 0.25) is 5.22 Å². The summed E-state index contributed by atoms with van der Waals surface area (Å²) in [6.07, 6.45) is 167. The molecule has 2 saturated heterocycles. The maximum absolute atomic E-state index is 13.8. The molecule has 7 heteroatoms. The number of amides is 1. The highest BCUT2D eigenvalue weighted by atomic mass is 35.5. The van der Waals surface area contributed by atoms with Crippen LogP contribution in [-0.2, 0) is 0 Å². The zero-order valence-electron chi connectivity index (χ0n) is 91.6. The Hall–Kier alpha value is -1.50. The molecule has 0 spiro atoms. The second kappa shape index (κ2) is 105. The molecule has 792 valence electrons. The van der Waals surface area contributed by atoms with Crippen LogP contribution < -0.4 is 5.32 Å². The van der Waals surface area contributed by atoms with Gasteiger partial charge in [0.2, 0.25) is 5.22 Å². The molecule has 0 radical (unpaired) electrons. The second-order valence-corrected chi connectivity index (χ2v) is 47.0. The minimum absolute atomic E-state index is 0.0487. The summed E-state index contributed by atoms with van der Waals surface area (Å²) in [5, 5.41) is 4.34. The second-order valence-electron chi connectivity index (χ2n) is 45.6. The summed E-state index contributed by atoms with van der Waals surface area (Å²) < 4.78 is 5.47. The SMILES string of the molecule is O=C(NC1CC2CCCCCCCCCCCCCCCCCCCCCCCCCCCCCCCCCCCCCCCCCCCCCCCCCCCCCCCCCCCCCCCCCCCCCCCCCCCCCCCCCCCCCCCCCCCCCCCCCCCCCCCCCCCCCCCCN(CC2)C1)c1ccc(Sc2ncc(Cl)o2)cc1. The predicted octanol–water partition coefficient (Wildman–Crippen LogP) is 46.6. The molecule has 2 aromatic rings. The molecule has 0 saturated carbocycles. The van der Waals surface area contributed by atoms with E-state index in [9.17, 15) is 4.79 Å². The Morgan fingerprint density at radius 1 is 0.244 bits per heavy atom. The van der Waals surface area contributed by atoms with Crippen molar-refractivity contribution in [3.05, 3.63) is 41.2 Å². The Morgan fingerprint density at radius 3 is 0.600 bits per heavy atom. The van der Waals surface area contributed by atoms with Crippen LogP contribution in [0.4, 0.5) is 0 Å². The van der Waals surface area contributed by atoms with Crippen LogP contribution in [0.25, 0.3) is 0 Å². The van der Waals surface area contributed by atoms with Gasteiger partial charge in [0.15, 0.2) is 0 Å². The molecule has 4 rings (SSSR count). The Labute approximate surface area is 856 Å². The van der Waals surface area contributed by atoms with Gasteiger partial charge >= 0.3 is 0 Å². The average molecular weight is 1920 g/mol. The van der Waals surface area contributed by atoms with Gasteiger partial charge in [-0.05, 0) is 85.9 Å². The number of oxazole rings is 1. The van der Waals surface area contributed by atoms with E-state index in [1.165, 1.54) is 744 Å². The Balaban J connectivity index is 0.958. The number of benzene rings is 1. The number of nitrogens with zero attached hydrogens (tertiary/aromatic N) is 2. The fourth-order valence-corrected chi connectivity index (χ4v) is 24.0. The standard InChI is InChI=1S/C128H240ClN3O2S/c129-126-120-130-128(134-126)135-125-114-112-123(113-115-125)127(133)131-124-119-122-111-109-107-105-103-101-99-97-95-93-91-89-87-85-83-81-79-77-75-73-71-69-67-65-63-61-59-57-55-53-51-49-47-45-43-41-39-37-35-33-31-29-27-25-23-21-19-17-15-13-11-9-7-5-3-1-2-4-6-8-10-12-14-16-18-20-22-24-26-28-30-32-34-36-38-40-42-44-46-48-50-52-54-56-58-60-62-64-66-68-70-72-74-76-78-80-82-84-86-88-90-92-94-96-98-100-102-104-106-108-110-117-132(121-124)118-116-122/h112-115,120,122,124H,1-111,116-119,121H2,(H,131,133). The molecule has 135 heavy (non-hydrogen) atoms. The number of rotatable bonds is 4. The van der Waals surface area contributed by atoms with Gasteiger partial charge in [-0.2, -0.15) is 0 Å². The number of carbonyl (C=O) groups is 1. The van der Waals surface area contributed by atoms with Crippen LogP contribution in [-0.4, -0.2) is 41.5 Å². The maximum atomic E-state index is 13.8. The molecule has 2 aliphatic heterocycles. The van der Waals surface area contributed by atoms with Crippen molar-refractivity contribution in [2.24, 2.45) is 5.92 Å². The number of halogens is 1. The Bertz CT molecular complexity index is 2430. The van der Waals surface area contributed by atoms with E-state index in [2.05, 4.69) is 15.2 Å². The summed E-state index contributed by atoms with van der Waals surface area (Å²) in [5.74, 6) is 0.730. The molecule has 3 unspecified atom stereocenters. The molecule has 2 bridgehead atoms. The highest BCUT2D eigenvalue weighted by Crippen LogP contribution is 2.32. The van der Waals surface area contributed by atoms with Crippen LogP contribution in [0.1, 0.15) is 736 Å². The zero-order chi connectivity index (χ0) is 95.0. The number of carbonyl (C=O) groups excluding carboxylic acids is 1. The first kappa shape index (κ1) is 126. The lowest BCUT2D eigenvalue weighted by atomic mass is 9.91. The van der Waals surface area contributed by atoms with E-state index in [0.29, 0.717) is 11.1 Å². The van der Waals surface area contributed by atoms with Gasteiger partial charge in [0.1, 0.15) is 0 Å². The third-order valence-corrected chi connectivity index (χ3v) is 33.4. The lowest BCUT2D eigenvalue weighted by Crippen LogP contribution is -2.43. The van der Waals surface area contributed by atoms with Gasteiger partial charge in [-0.1, -0.05) is 706 Å². The summed E-state index contributed by atoms with van der Waals surface area (Å²) >= 11 is 7.41. The van der Waals surface area contributed by atoms with Crippen LogP contribution in [0.3, 0.4) is 0 Å². The minimum Gasteiger partial charge on any atom is -0.419 e. The quantitative estimate of drug-likeness (QED) is 0.331. The number of fused-ring (bicyclic) bond motifs is 3. The smallest absolute Gasteiger partial charge is 0.261 e. The van der Waals surface area contributed by atoms with E-state index in [-0.39, 0.29) is 17.2 Å². The van der Waals surface area contributed by atoms with Crippen LogP contribution in [0.5, 0.6) is 0 Å². The fraction of sp³-hybridized carbons (Fsp3) is 0.922. The van der Waals surface area contributed by atoms with E-state index >= 15 is 0 Å². The zero-order valence-corrected chi connectivity index (χ0v) is 93.1. The molecular weight excluding hydrogens is 1680 g/mol. The molecule has 3 atom stereocenters. The van der Waals surface area contributed by atoms with Crippen LogP contribution in [0.15, 0.2) is 45.0 Å². The van der Waals surface area contributed by atoms with Crippen molar-refractivity contribution in [3.8, 4) is 0 Å². The van der Waals surface area contributed by atoms with Crippen molar-refractivity contribution in [2.75, 3.05) is 19.6 Å². The predicted molar refractivity (Wildman–Crippen MR) is 605 cm³/mol. The van der Waals surface area contributed by atoms with Crippen LogP contribution >= 0.6 is 23.4 Å². The van der Waals surface area contributed by atoms with Crippen molar-refractivity contribution in [1.29, 1.82) is 0 Å². The Kier molecular flexibility index (Phi) is 98.1. The lowest BCUT2D eigenvalue weighted by molar-refractivity contribution is 0.0923. The lowest BCUT2D eigenvalue weighted by Gasteiger charge is -2.25. The normalized spacial score (nSPS) is 24.3. The number of hydrogen-bond acceptors (Lipinski definition) is 5. The monoisotopic (exact) mass is 1920 g/mol. The van der Waals surface area contributed by atoms with Crippen molar-refractivity contribution in [2.45, 2.75) is 742 Å². The molecular formula is C128H240ClN3O2S. The third kappa shape index (κ3) is 91.0. The van der Waals surface area contributed by atoms with Crippen molar-refractivity contribution >= 4 is 29.3 Å². The molecule has 2 aliphatic rings. The van der Waals surface area contributed by atoms with Gasteiger partial charge in [-0.3, -0.25) is 4.79 Å². The molecule has 2 fully saturated rings. The van der Waals surface area contributed by atoms with Crippen molar-refractivity contribution in [1.82, 2.24) is 15.2 Å². The van der Waals surface area contributed by atoms with E-state index in [4.69, 9.17) is 16.0 Å². The number of hydrogen-bond donors (Lipinski definition) is 1. The van der Waals surface area contributed by atoms with Gasteiger partial charge in [-0.25, -0.2) is 4.98 Å². The number of aromatic nitrogens is 1. The first-order valence-corrected chi connectivity index (χ1v) is 64.8. The maximum Gasteiger partial charge on any atom is 0.261 e. The van der Waals surface area contributed by atoms with Crippen molar-refractivity contribution < 1.29 is 9.21 Å². The molecule has 0 aliphatic carbocycles. The Morgan fingerprint density at radius 2 is 0.422 bits per heavy atom. The molecule has 1 N–H and O–H groups in total. The molecule has 5 nitrogen and oxygen atoms in total.